The van der Waals surface area contributed by atoms with Crippen LogP contribution in [-0.2, 0) is 16.0 Å². The van der Waals surface area contributed by atoms with E-state index in [0.717, 1.165) is 30.6 Å². The third-order valence-electron chi connectivity index (χ3n) is 6.18. The van der Waals surface area contributed by atoms with Gasteiger partial charge in [0, 0.05) is 23.3 Å². The van der Waals surface area contributed by atoms with Crippen LogP contribution in [0, 0.1) is 5.41 Å². The summed E-state index contributed by atoms with van der Waals surface area (Å²) in [6, 6.07) is 10.0. The third-order valence-corrected chi connectivity index (χ3v) is 7.85. The number of ether oxygens (including phenoxy) is 1. The van der Waals surface area contributed by atoms with Gasteiger partial charge in [0.15, 0.2) is 0 Å². The first kappa shape index (κ1) is 22.2. The van der Waals surface area contributed by atoms with Crippen molar-refractivity contribution in [3.63, 3.8) is 0 Å². The number of carbonyl (C=O) groups is 2. The van der Waals surface area contributed by atoms with Crippen molar-refractivity contribution in [2.45, 2.75) is 45.2 Å². The Kier molecular flexibility index (Phi) is 6.31. The highest BCUT2D eigenvalue weighted by Crippen LogP contribution is 2.39. The first-order chi connectivity index (χ1) is 14.9. The lowest BCUT2D eigenvalue weighted by Crippen LogP contribution is -2.50. The van der Waals surface area contributed by atoms with E-state index in [9.17, 15) is 9.59 Å². The molecule has 5 nitrogen and oxygen atoms in total. The fourth-order valence-corrected chi connectivity index (χ4v) is 5.18. The van der Waals surface area contributed by atoms with E-state index in [1.165, 1.54) is 10.4 Å². The number of halogens is 1. The van der Waals surface area contributed by atoms with Gasteiger partial charge in [0.1, 0.15) is 12.3 Å². The van der Waals surface area contributed by atoms with Crippen LogP contribution in [-0.4, -0.2) is 53.7 Å². The van der Waals surface area contributed by atoms with E-state index in [0.29, 0.717) is 6.54 Å². The number of nitrogens with zero attached hydrogens (tertiary/aromatic N) is 2. The van der Waals surface area contributed by atoms with Crippen molar-refractivity contribution in [2.75, 3.05) is 26.1 Å². The van der Waals surface area contributed by atoms with Crippen molar-refractivity contribution in [2.24, 2.45) is 5.41 Å². The molecule has 4 rings (SSSR count). The van der Waals surface area contributed by atoms with Gasteiger partial charge in [-0.25, -0.2) is 0 Å². The average Bonchev–Trinajstić information content (AvgIpc) is 3.52. The molecule has 0 saturated heterocycles. The molecule has 1 aromatic heterocycles. The fraction of sp³-hybridized carbons (Fsp3) is 0.500. The molecule has 7 heteroatoms. The van der Waals surface area contributed by atoms with Crippen molar-refractivity contribution in [1.29, 1.82) is 0 Å². The number of amides is 2. The molecule has 0 N–H and O–H groups in total. The first-order valence-corrected chi connectivity index (χ1v) is 12.1. The van der Waals surface area contributed by atoms with Gasteiger partial charge in [0.2, 0.25) is 11.8 Å². The van der Waals surface area contributed by atoms with E-state index < -0.39 is 5.41 Å². The lowest BCUT2D eigenvalue weighted by molar-refractivity contribution is -0.146. The molecule has 166 valence electrons. The highest BCUT2D eigenvalue weighted by molar-refractivity contribution is 7.10. The Bertz CT molecular complexity index is 952. The normalized spacial score (nSPS) is 18.5. The lowest BCUT2D eigenvalue weighted by Gasteiger charge is -2.38. The molecular formula is C24H29ClN2O3S. The van der Waals surface area contributed by atoms with E-state index in [2.05, 4.69) is 11.4 Å². The maximum atomic E-state index is 13.6. The van der Waals surface area contributed by atoms with Crippen LogP contribution >= 0.6 is 22.9 Å². The number of methoxy groups -OCH3 is 1. The predicted octanol–water partition coefficient (Wildman–Crippen LogP) is 4.49. The van der Waals surface area contributed by atoms with Crippen LogP contribution in [0.4, 0.5) is 0 Å². The summed E-state index contributed by atoms with van der Waals surface area (Å²) in [5, 5.41) is 2.10. The maximum absolute atomic E-state index is 13.6. The number of rotatable bonds is 7. The predicted molar refractivity (Wildman–Crippen MR) is 124 cm³/mol. The molecule has 2 aromatic rings. The van der Waals surface area contributed by atoms with Crippen LogP contribution in [0.5, 0.6) is 5.75 Å². The van der Waals surface area contributed by atoms with Crippen molar-refractivity contribution < 1.29 is 14.3 Å². The summed E-state index contributed by atoms with van der Waals surface area (Å²) in [4.78, 5) is 31.7. The standard InChI is InChI=1S/C24H29ClN2O3S/c1-24(2,15-25)23(29)27(17-6-7-17)14-21(28)26-12-10-20-19(11-13-31-20)22(26)16-4-8-18(30-3)9-5-16/h4-5,8-9,11,13,17,22H,6-7,10,12,14-15H2,1-3H3/t22-/m1/s1. The van der Waals surface area contributed by atoms with Crippen LogP contribution in [0.15, 0.2) is 35.7 Å². The van der Waals surface area contributed by atoms with Gasteiger partial charge in [0.25, 0.3) is 0 Å². The zero-order chi connectivity index (χ0) is 22.2. The number of hydrogen-bond donors (Lipinski definition) is 0. The Balaban J connectivity index is 1.61. The molecule has 1 atom stereocenters. The molecule has 1 fully saturated rings. The van der Waals surface area contributed by atoms with Crippen molar-refractivity contribution >= 4 is 34.8 Å². The quantitative estimate of drug-likeness (QED) is 0.572. The zero-order valence-corrected chi connectivity index (χ0v) is 19.8. The van der Waals surface area contributed by atoms with Crippen LogP contribution in [0.3, 0.4) is 0 Å². The van der Waals surface area contributed by atoms with E-state index in [1.54, 1.807) is 23.3 Å². The maximum Gasteiger partial charge on any atom is 0.243 e. The molecule has 1 aliphatic heterocycles. The van der Waals surface area contributed by atoms with Gasteiger partial charge in [-0.3, -0.25) is 9.59 Å². The lowest BCUT2D eigenvalue weighted by atomic mass is 9.92. The molecule has 2 heterocycles. The van der Waals surface area contributed by atoms with E-state index >= 15 is 0 Å². The Morgan fingerprint density at radius 3 is 2.55 bits per heavy atom. The van der Waals surface area contributed by atoms with Crippen LogP contribution in [0.2, 0.25) is 0 Å². The van der Waals surface area contributed by atoms with Gasteiger partial charge in [-0.1, -0.05) is 12.1 Å². The topological polar surface area (TPSA) is 49.9 Å². The summed E-state index contributed by atoms with van der Waals surface area (Å²) in [5.74, 6) is 0.979. The number of hydrogen-bond acceptors (Lipinski definition) is 4. The molecule has 0 radical (unpaired) electrons. The zero-order valence-electron chi connectivity index (χ0n) is 18.3. The second kappa shape index (κ2) is 8.83. The Morgan fingerprint density at radius 1 is 1.23 bits per heavy atom. The Hall–Kier alpha value is -2.05. The summed E-state index contributed by atoms with van der Waals surface area (Å²) in [5.41, 5.74) is 1.56. The van der Waals surface area contributed by atoms with Gasteiger partial charge >= 0.3 is 0 Å². The molecule has 2 aliphatic rings. The van der Waals surface area contributed by atoms with Crippen molar-refractivity contribution in [1.82, 2.24) is 9.80 Å². The van der Waals surface area contributed by atoms with Crippen LogP contribution < -0.4 is 4.74 Å². The summed E-state index contributed by atoms with van der Waals surface area (Å²) in [7, 11) is 1.65. The number of alkyl halides is 1. The van der Waals surface area contributed by atoms with Gasteiger partial charge < -0.3 is 14.5 Å². The summed E-state index contributed by atoms with van der Waals surface area (Å²) >= 11 is 7.81. The molecule has 31 heavy (non-hydrogen) atoms. The van der Waals surface area contributed by atoms with Crippen LogP contribution in [0.1, 0.15) is 48.7 Å². The molecule has 1 saturated carbocycles. The number of fused-ring (bicyclic) bond motifs is 1. The third kappa shape index (κ3) is 4.46. The Morgan fingerprint density at radius 2 is 1.94 bits per heavy atom. The molecule has 1 aromatic carbocycles. The molecule has 0 bridgehead atoms. The second-order valence-corrected chi connectivity index (χ2v) is 10.3. The molecule has 1 aliphatic carbocycles. The van der Waals surface area contributed by atoms with Gasteiger partial charge in [-0.2, -0.15) is 0 Å². The smallest absolute Gasteiger partial charge is 0.243 e. The Labute approximate surface area is 192 Å². The number of carbonyl (C=O) groups excluding carboxylic acids is 2. The van der Waals surface area contributed by atoms with E-state index in [-0.39, 0.29) is 36.3 Å². The van der Waals surface area contributed by atoms with E-state index in [4.69, 9.17) is 16.3 Å². The molecule has 0 spiro atoms. The number of benzene rings is 1. The molecular weight excluding hydrogens is 432 g/mol. The summed E-state index contributed by atoms with van der Waals surface area (Å²) in [6.07, 6.45) is 2.75. The monoisotopic (exact) mass is 460 g/mol. The molecule has 2 amide bonds. The minimum absolute atomic E-state index is 0.0108. The van der Waals surface area contributed by atoms with Crippen LogP contribution in [0.25, 0.3) is 0 Å². The second-order valence-electron chi connectivity index (χ2n) is 8.99. The van der Waals surface area contributed by atoms with Gasteiger partial charge in [-0.05, 0) is 67.8 Å². The highest BCUT2D eigenvalue weighted by atomic mass is 35.5. The van der Waals surface area contributed by atoms with Gasteiger partial charge in [-0.15, -0.1) is 22.9 Å². The highest BCUT2D eigenvalue weighted by Gasteiger charge is 2.42. The number of thiophene rings is 1. The minimum Gasteiger partial charge on any atom is -0.497 e. The first-order valence-electron chi connectivity index (χ1n) is 10.7. The van der Waals surface area contributed by atoms with E-state index in [1.807, 2.05) is 43.0 Å². The molecule has 0 unspecified atom stereocenters. The van der Waals surface area contributed by atoms with Crippen molar-refractivity contribution in [3.05, 3.63) is 51.7 Å². The minimum atomic E-state index is -0.678. The summed E-state index contributed by atoms with van der Waals surface area (Å²) < 4.78 is 5.31. The SMILES string of the molecule is COc1ccc([C@@H]2c3ccsc3CCN2C(=O)CN(C(=O)C(C)(C)CCl)C2CC2)cc1. The average molecular weight is 461 g/mol. The largest absolute Gasteiger partial charge is 0.497 e. The van der Waals surface area contributed by atoms with Gasteiger partial charge in [0.05, 0.1) is 18.6 Å². The van der Waals surface area contributed by atoms with Crippen molar-refractivity contribution in [3.8, 4) is 5.75 Å². The fourth-order valence-electron chi connectivity index (χ4n) is 4.17. The summed E-state index contributed by atoms with van der Waals surface area (Å²) in [6.45, 7) is 4.45.